The normalized spacial score (nSPS) is 20.3. The second kappa shape index (κ2) is 6.96. The van der Waals surface area contributed by atoms with Gasteiger partial charge >= 0.3 is 6.03 Å². The molecule has 0 spiro atoms. The van der Waals surface area contributed by atoms with Crippen LogP contribution in [0.2, 0.25) is 0 Å². The first-order valence-electron chi connectivity index (χ1n) is 8.42. The van der Waals surface area contributed by atoms with Crippen molar-refractivity contribution in [2.24, 2.45) is 0 Å². The van der Waals surface area contributed by atoms with Gasteiger partial charge in [-0.25, -0.2) is 4.79 Å². The lowest BCUT2D eigenvalue weighted by atomic mass is 10.1. The molecule has 0 radical (unpaired) electrons. The van der Waals surface area contributed by atoms with Crippen molar-refractivity contribution in [1.82, 2.24) is 14.7 Å². The van der Waals surface area contributed by atoms with Gasteiger partial charge in [0.2, 0.25) is 0 Å². The van der Waals surface area contributed by atoms with Gasteiger partial charge in [-0.2, -0.15) is 0 Å². The molecule has 0 aromatic heterocycles. The molecule has 126 valence electrons. The van der Waals surface area contributed by atoms with Gasteiger partial charge in [-0.15, -0.1) is 0 Å². The molecule has 0 bridgehead atoms. The topological polar surface area (TPSA) is 43.9 Å². The average Bonchev–Trinajstić information content (AvgIpc) is 3.18. The molecule has 2 heterocycles. The van der Waals surface area contributed by atoms with Crippen molar-refractivity contribution in [3.8, 4) is 11.8 Å². The van der Waals surface area contributed by atoms with Crippen molar-refractivity contribution in [2.75, 3.05) is 26.2 Å². The van der Waals surface area contributed by atoms with E-state index >= 15 is 0 Å². The highest BCUT2D eigenvalue weighted by Gasteiger charge is 2.37. The van der Waals surface area contributed by atoms with E-state index in [1.54, 1.807) is 11.8 Å². The number of amides is 3. The molecule has 1 unspecified atom stereocenters. The van der Waals surface area contributed by atoms with E-state index in [1.165, 1.54) is 11.1 Å². The number of urea groups is 1. The maximum atomic E-state index is 12.7. The van der Waals surface area contributed by atoms with Crippen LogP contribution in [0.4, 0.5) is 4.79 Å². The van der Waals surface area contributed by atoms with Crippen molar-refractivity contribution in [1.29, 1.82) is 0 Å². The summed E-state index contributed by atoms with van der Waals surface area (Å²) in [5.74, 6) is 5.09. The zero-order chi connectivity index (χ0) is 17.1. The number of nitrogens with zero attached hydrogens (tertiary/aromatic N) is 3. The van der Waals surface area contributed by atoms with Gasteiger partial charge in [0.05, 0.1) is 6.04 Å². The monoisotopic (exact) mass is 325 g/mol. The van der Waals surface area contributed by atoms with Crippen molar-refractivity contribution < 1.29 is 9.59 Å². The Morgan fingerprint density at radius 1 is 1.25 bits per heavy atom. The number of aryl methyl sites for hydroxylation is 1. The first kappa shape index (κ1) is 16.4. The fraction of sp³-hybridized carbons (Fsp3) is 0.474. The van der Waals surface area contributed by atoms with Crippen LogP contribution in [0.1, 0.15) is 24.5 Å². The standard InChI is InChI=1S/C19H23N3O2/c1-3-6-18(23)20-10-9-17(14-20)22-12-11-21(19(22)24)13-16-8-5-4-7-15(16)2/h4-5,7-8,17H,9-14H2,1-2H3. The molecule has 0 saturated carbocycles. The van der Waals surface area contributed by atoms with E-state index in [0.29, 0.717) is 19.6 Å². The summed E-state index contributed by atoms with van der Waals surface area (Å²) in [5.41, 5.74) is 2.40. The Balaban J connectivity index is 1.61. The molecule has 2 saturated heterocycles. The SMILES string of the molecule is CC#CC(=O)N1CCC(N2CCN(Cc3ccccc3C)C2=O)C1. The summed E-state index contributed by atoms with van der Waals surface area (Å²) < 4.78 is 0. The van der Waals surface area contributed by atoms with Crippen molar-refractivity contribution in [3.05, 3.63) is 35.4 Å². The Bertz CT molecular complexity index is 704. The fourth-order valence-electron chi connectivity index (χ4n) is 3.45. The third kappa shape index (κ3) is 3.23. The van der Waals surface area contributed by atoms with Crippen LogP contribution < -0.4 is 0 Å². The molecule has 1 atom stereocenters. The van der Waals surface area contributed by atoms with Crippen LogP contribution in [0.15, 0.2) is 24.3 Å². The summed E-state index contributed by atoms with van der Waals surface area (Å²) in [6.07, 6.45) is 0.834. The van der Waals surface area contributed by atoms with Crippen LogP contribution >= 0.6 is 0 Å². The number of carbonyl (C=O) groups is 2. The third-order valence-corrected chi connectivity index (χ3v) is 4.87. The van der Waals surface area contributed by atoms with E-state index in [-0.39, 0.29) is 18.0 Å². The number of likely N-dealkylation sites (tertiary alicyclic amines) is 1. The van der Waals surface area contributed by atoms with Crippen LogP contribution in [0.3, 0.4) is 0 Å². The predicted molar refractivity (Wildman–Crippen MR) is 92.1 cm³/mol. The second-order valence-electron chi connectivity index (χ2n) is 6.39. The van der Waals surface area contributed by atoms with Gasteiger partial charge in [0.25, 0.3) is 5.91 Å². The molecule has 5 heteroatoms. The van der Waals surface area contributed by atoms with Gasteiger partial charge in [0.1, 0.15) is 0 Å². The summed E-state index contributed by atoms with van der Waals surface area (Å²) in [7, 11) is 0. The average molecular weight is 325 g/mol. The van der Waals surface area contributed by atoms with E-state index in [1.807, 2.05) is 21.9 Å². The van der Waals surface area contributed by atoms with E-state index < -0.39 is 0 Å². The molecule has 3 rings (SSSR count). The van der Waals surface area contributed by atoms with Crippen LogP contribution in [-0.2, 0) is 11.3 Å². The minimum absolute atomic E-state index is 0.0825. The molecule has 5 nitrogen and oxygen atoms in total. The van der Waals surface area contributed by atoms with Gasteiger partial charge in [-0.3, -0.25) is 4.79 Å². The molecule has 2 aliphatic rings. The maximum absolute atomic E-state index is 12.7. The van der Waals surface area contributed by atoms with Gasteiger partial charge in [0, 0.05) is 32.7 Å². The van der Waals surface area contributed by atoms with E-state index in [2.05, 4.69) is 30.9 Å². The molecule has 1 aromatic rings. The van der Waals surface area contributed by atoms with Crippen molar-refractivity contribution in [2.45, 2.75) is 32.9 Å². The lowest BCUT2D eigenvalue weighted by Crippen LogP contribution is -2.41. The molecule has 0 N–H and O–H groups in total. The molecular formula is C19H23N3O2. The number of rotatable bonds is 3. The second-order valence-corrected chi connectivity index (χ2v) is 6.39. The van der Waals surface area contributed by atoms with Gasteiger partial charge in [-0.05, 0) is 37.3 Å². The van der Waals surface area contributed by atoms with Crippen LogP contribution in [0, 0.1) is 18.8 Å². The Morgan fingerprint density at radius 2 is 2.04 bits per heavy atom. The highest BCUT2D eigenvalue weighted by molar-refractivity contribution is 5.93. The molecule has 3 amide bonds. The first-order chi connectivity index (χ1) is 11.6. The zero-order valence-electron chi connectivity index (χ0n) is 14.3. The summed E-state index contributed by atoms with van der Waals surface area (Å²) in [6, 6.07) is 8.37. The van der Waals surface area contributed by atoms with Crippen LogP contribution in [0.25, 0.3) is 0 Å². The van der Waals surface area contributed by atoms with Crippen LogP contribution in [-0.4, -0.2) is 58.9 Å². The Kier molecular flexibility index (Phi) is 4.75. The number of carbonyl (C=O) groups excluding carboxylic acids is 2. The highest BCUT2D eigenvalue weighted by Crippen LogP contribution is 2.22. The van der Waals surface area contributed by atoms with E-state index in [4.69, 9.17) is 0 Å². The number of hydrogen-bond acceptors (Lipinski definition) is 2. The fourth-order valence-corrected chi connectivity index (χ4v) is 3.45. The van der Waals surface area contributed by atoms with Gasteiger partial charge in [0.15, 0.2) is 0 Å². The van der Waals surface area contributed by atoms with Crippen molar-refractivity contribution >= 4 is 11.9 Å². The summed E-state index contributed by atoms with van der Waals surface area (Å²) in [5, 5.41) is 0. The third-order valence-electron chi connectivity index (χ3n) is 4.87. The lowest BCUT2D eigenvalue weighted by Gasteiger charge is -2.24. The Morgan fingerprint density at radius 3 is 2.79 bits per heavy atom. The maximum Gasteiger partial charge on any atom is 0.320 e. The van der Waals surface area contributed by atoms with Crippen LogP contribution in [0.5, 0.6) is 0 Å². The smallest absolute Gasteiger partial charge is 0.320 e. The molecule has 1 aromatic carbocycles. The summed E-state index contributed by atoms with van der Waals surface area (Å²) in [4.78, 5) is 30.2. The zero-order valence-corrected chi connectivity index (χ0v) is 14.3. The molecule has 2 fully saturated rings. The lowest BCUT2D eigenvalue weighted by molar-refractivity contribution is -0.124. The van der Waals surface area contributed by atoms with Gasteiger partial charge < -0.3 is 14.7 Å². The quantitative estimate of drug-likeness (QED) is 0.796. The number of hydrogen-bond donors (Lipinski definition) is 0. The molecule has 24 heavy (non-hydrogen) atoms. The van der Waals surface area contributed by atoms with E-state index in [9.17, 15) is 9.59 Å². The summed E-state index contributed by atoms with van der Waals surface area (Å²) in [6.45, 7) is 7.14. The largest absolute Gasteiger partial charge is 0.330 e. The van der Waals surface area contributed by atoms with Gasteiger partial charge in [-0.1, -0.05) is 30.2 Å². The Hall–Kier alpha value is -2.48. The highest BCUT2D eigenvalue weighted by atomic mass is 16.2. The predicted octanol–water partition coefficient (Wildman–Crippen LogP) is 1.86. The summed E-state index contributed by atoms with van der Waals surface area (Å²) >= 11 is 0. The van der Waals surface area contributed by atoms with E-state index in [0.717, 1.165) is 19.5 Å². The number of benzene rings is 1. The minimum Gasteiger partial charge on any atom is -0.330 e. The first-order valence-corrected chi connectivity index (χ1v) is 8.42. The molecule has 0 aliphatic carbocycles. The minimum atomic E-state index is -0.136. The molecule has 2 aliphatic heterocycles. The Labute approximate surface area is 143 Å². The van der Waals surface area contributed by atoms with Crippen molar-refractivity contribution in [3.63, 3.8) is 0 Å². The molecular weight excluding hydrogens is 302 g/mol.